The lowest BCUT2D eigenvalue weighted by atomic mass is 10.1. The summed E-state index contributed by atoms with van der Waals surface area (Å²) >= 11 is 0. The van der Waals surface area contributed by atoms with E-state index in [1.165, 1.54) is 5.56 Å². The molecule has 0 atom stereocenters. The van der Waals surface area contributed by atoms with Crippen LogP contribution in [0.3, 0.4) is 0 Å². The van der Waals surface area contributed by atoms with E-state index in [4.69, 9.17) is 5.73 Å². The lowest BCUT2D eigenvalue weighted by Gasteiger charge is -2.35. The maximum Gasteiger partial charge on any atom is 0.225 e. The molecule has 1 aromatic carbocycles. The third-order valence-electron chi connectivity index (χ3n) is 4.86. The number of halogens is 1. The Morgan fingerprint density at radius 1 is 0.931 bits per heavy atom. The molecule has 0 radical (unpaired) electrons. The Hall–Kier alpha value is -2.69. The SMILES string of the molecule is I.NC(=NCc1ccccc1Cn1cccn1)N1CCN(c2ncccn2)CC1. The maximum absolute atomic E-state index is 6.28. The van der Waals surface area contributed by atoms with Gasteiger partial charge in [0.2, 0.25) is 5.95 Å². The Morgan fingerprint density at radius 3 is 2.34 bits per heavy atom. The Bertz CT molecular complexity index is 905. The van der Waals surface area contributed by atoms with Crippen LogP contribution in [0, 0.1) is 0 Å². The second-order valence-electron chi connectivity index (χ2n) is 6.67. The van der Waals surface area contributed by atoms with E-state index in [9.17, 15) is 0 Å². The minimum Gasteiger partial charge on any atom is -0.370 e. The van der Waals surface area contributed by atoms with Crippen LogP contribution in [0.15, 0.2) is 66.2 Å². The van der Waals surface area contributed by atoms with Gasteiger partial charge in [0, 0.05) is 51.0 Å². The van der Waals surface area contributed by atoms with Crippen LogP contribution >= 0.6 is 24.0 Å². The van der Waals surface area contributed by atoms with E-state index in [0.29, 0.717) is 12.5 Å². The lowest BCUT2D eigenvalue weighted by Crippen LogP contribution is -2.51. The Morgan fingerprint density at radius 2 is 1.66 bits per heavy atom. The molecule has 2 N–H and O–H groups in total. The predicted octanol–water partition coefficient (Wildman–Crippen LogP) is 1.98. The lowest BCUT2D eigenvalue weighted by molar-refractivity contribution is 0.378. The van der Waals surface area contributed by atoms with Crippen molar-refractivity contribution in [1.29, 1.82) is 0 Å². The van der Waals surface area contributed by atoms with Gasteiger partial charge in [0.05, 0.1) is 13.1 Å². The summed E-state index contributed by atoms with van der Waals surface area (Å²) in [4.78, 5) is 17.6. The number of nitrogens with zero attached hydrogens (tertiary/aromatic N) is 7. The standard InChI is InChI=1S/C20H24N8.HI/c21-19(26-11-13-27(14-12-26)20-22-7-3-8-23-20)24-15-17-5-1-2-6-18(17)16-28-10-4-9-25-28;/h1-10H,11-16H2,(H2,21,24);1H. The zero-order chi connectivity index (χ0) is 19.2. The molecule has 3 aromatic rings. The van der Waals surface area contributed by atoms with Crippen molar-refractivity contribution < 1.29 is 0 Å². The molecule has 0 bridgehead atoms. The molecule has 1 aliphatic heterocycles. The molecule has 2 aromatic heterocycles. The van der Waals surface area contributed by atoms with Crippen molar-refractivity contribution in [2.24, 2.45) is 10.7 Å². The zero-order valence-electron chi connectivity index (χ0n) is 16.1. The monoisotopic (exact) mass is 504 g/mol. The van der Waals surface area contributed by atoms with Gasteiger partial charge in [0.25, 0.3) is 0 Å². The van der Waals surface area contributed by atoms with Gasteiger partial charge in [-0.15, -0.1) is 24.0 Å². The van der Waals surface area contributed by atoms with Crippen molar-refractivity contribution in [2.75, 3.05) is 31.1 Å². The average Bonchev–Trinajstić information content (AvgIpc) is 3.27. The molecule has 29 heavy (non-hydrogen) atoms. The molecule has 0 amide bonds. The summed E-state index contributed by atoms with van der Waals surface area (Å²) in [6.45, 7) is 4.57. The molecule has 1 fully saturated rings. The average molecular weight is 504 g/mol. The number of rotatable bonds is 5. The summed E-state index contributed by atoms with van der Waals surface area (Å²) in [5.41, 5.74) is 8.64. The number of benzene rings is 1. The normalized spacial score (nSPS) is 14.6. The Kier molecular flexibility index (Phi) is 7.39. The van der Waals surface area contributed by atoms with E-state index in [2.05, 4.69) is 42.0 Å². The number of anilines is 1. The number of aromatic nitrogens is 4. The number of hydrogen-bond donors (Lipinski definition) is 1. The first-order valence-electron chi connectivity index (χ1n) is 9.40. The molecular formula is C20H25IN8. The van der Waals surface area contributed by atoms with Gasteiger partial charge >= 0.3 is 0 Å². The fraction of sp³-hybridized carbons (Fsp3) is 0.300. The predicted molar refractivity (Wildman–Crippen MR) is 124 cm³/mol. The number of aliphatic imine (C=N–C) groups is 1. The summed E-state index contributed by atoms with van der Waals surface area (Å²) < 4.78 is 1.91. The summed E-state index contributed by atoms with van der Waals surface area (Å²) in [6.07, 6.45) is 7.29. The highest BCUT2D eigenvalue weighted by Gasteiger charge is 2.19. The molecule has 0 aliphatic carbocycles. The molecule has 4 rings (SSSR count). The van der Waals surface area contributed by atoms with Gasteiger partial charge in [0.1, 0.15) is 0 Å². The fourth-order valence-corrected chi connectivity index (χ4v) is 3.29. The Labute approximate surface area is 187 Å². The van der Waals surface area contributed by atoms with Gasteiger partial charge in [-0.05, 0) is 23.3 Å². The van der Waals surface area contributed by atoms with Crippen molar-refractivity contribution >= 4 is 35.9 Å². The molecule has 1 aliphatic rings. The van der Waals surface area contributed by atoms with E-state index >= 15 is 0 Å². The number of hydrogen-bond acceptors (Lipinski definition) is 5. The first-order chi connectivity index (χ1) is 13.8. The highest BCUT2D eigenvalue weighted by atomic mass is 127. The van der Waals surface area contributed by atoms with Crippen molar-refractivity contribution in [3.8, 4) is 0 Å². The highest BCUT2D eigenvalue weighted by molar-refractivity contribution is 14.0. The van der Waals surface area contributed by atoms with Crippen LogP contribution in [0.2, 0.25) is 0 Å². The summed E-state index contributed by atoms with van der Waals surface area (Å²) in [5, 5.41) is 4.29. The summed E-state index contributed by atoms with van der Waals surface area (Å²) in [5.74, 6) is 1.35. The fourth-order valence-electron chi connectivity index (χ4n) is 3.29. The van der Waals surface area contributed by atoms with E-state index < -0.39 is 0 Å². The van der Waals surface area contributed by atoms with Crippen LogP contribution in [0.1, 0.15) is 11.1 Å². The minimum atomic E-state index is 0. The maximum atomic E-state index is 6.28. The highest BCUT2D eigenvalue weighted by Crippen LogP contribution is 2.13. The minimum absolute atomic E-state index is 0. The largest absolute Gasteiger partial charge is 0.370 e. The van der Waals surface area contributed by atoms with Gasteiger partial charge in [0.15, 0.2) is 5.96 Å². The molecule has 0 spiro atoms. The quantitative estimate of drug-likeness (QED) is 0.325. The van der Waals surface area contributed by atoms with Gasteiger partial charge < -0.3 is 15.5 Å². The van der Waals surface area contributed by atoms with Crippen LogP contribution in [0.4, 0.5) is 5.95 Å². The van der Waals surface area contributed by atoms with Crippen molar-refractivity contribution in [2.45, 2.75) is 13.1 Å². The Balaban J connectivity index is 0.00000240. The molecule has 8 nitrogen and oxygen atoms in total. The van der Waals surface area contributed by atoms with Gasteiger partial charge in [-0.2, -0.15) is 5.10 Å². The van der Waals surface area contributed by atoms with E-state index in [1.54, 1.807) is 18.6 Å². The summed E-state index contributed by atoms with van der Waals surface area (Å²) in [6, 6.07) is 12.0. The third kappa shape index (κ3) is 5.43. The first kappa shape index (κ1) is 21.0. The zero-order valence-corrected chi connectivity index (χ0v) is 18.5. The van der Waals surface area contributed by atoms with Crippen molar-refractivity contribution in [3.63, 3.8) is 0 Å². The number of nitrogens with two attached hydrogens (primary N) is 1. The second-order valence-corrected chi connectivity index (χ2v) is 6.67. The topological polar surface area (TPSA) is 88.5 Å². The number of piperazine rings is 1. The smallest absolute Gasteiger partial charge is 0.225 e. The second kappa shape index (κ2) is 10.2. The molecule has 3 heterocycles. The first-order valence-corrected chi connectivity index (χ1v) is 9.40. The third-order valence-corrected chi connectivity index (χ3v) is 4.86. The van der Waals surface area contributed by atoms with Gasteiger partial charge in [-0.25, -0.2) is 15.0 Å². The van der Waals surface area contributed by atoms with E-state index in [-0.39, 0.29) is 24.0 Å². The molecule has 1 saturated heterocycles. The van der Waals surface area contributed by atoms with Gasteiger partial charge in [-0.3, -0.25) is 4.68 Å². The summed E-state index contributed by atoms with van der Waals surface area (Å²) in [7, 11) is 0. The molecule has 9 heteroatoms. The van der Waals surface area contributed by atoms with Crippen molar-refractivity contribution in [3.05, 3.63) is 72.3 Å². The van der Waals surface area contributed by atoms with Gasteiger partial charge in [-0.1, -0.05) is 24.3 Å². The van der Waals surface area contributed by atoms with Crippen LogP contribution in [-0.2, 0) is 13.1 Å². The van der Waals surface area contributed by atoms with E-state index in [0.717, 1.165) is 44.2 Å². The molecule has 0 unspecified atom stereocenters. The van der Waals surface area contributed by atoms with Crippen LogP contribution in [0.5, 0.6) is 0 Å². The van der Waals surface area contributed by atoms with Crippen LogP contribution in [-0.4, -0.2) is 56.8 Å². The molecule has 0 saturated carbocycles. The van der Waals surface area contributed by atoms with Crippen LogP contribution < -0.4 is 10.6 Å². The van der Waals surface area contributed by atoms with Crippen LogP contribution in [0.25, 0.3) is 0 Å². The molecule has 152 valence electrons. The van der Waals surface area contributed by atoms with E-state index in [1.807, 2.05) is 35.1 Å². The number of guanidine groups is 1. The molecular weight excluding hydrogens is 479 g/mol. The van der Waals surface area contributed by atoms with Crippen molar-refractivity contribution in [1.82, 2.24) is 24.6 Å².